The molecule has 1 aromatic heterocycles. The van der Waals surface area contributed by atoms with E-state index in [0.29, 0.717) is 15.9 Å². The number of anilines is 1. The Morgan fingerprint density at radius 1 is 1.35 bits per heavy atom. The van der Waals surface area contributed by atoms with E-state index >= 15 is 0 Å². The highest BCUT2D eigenvalue weighted by atomic mass is 79.9. The van der Waals surface area contributed by atoms with Crippen LogP contribution in [0.15, 0.2) is 34.9 Å². The third-order valence-electron chi connectivity index (χ3n) is 1.94. The summed E-state index contributed by atoms with van der Waals surface area (Å²) in [5.74, 6) is 0.500. The van der Waals surface area contributed by atoms with E-state index in [2.05, 4.69) is 25.9 Å². The van der Waals surface area contributed by atoms with E-state index in [4.69, 9.17) is 15.7 Å². The van der Waals surface area contributed by atoms with Crippen LogP contribution >= 0.6 is 15.9 Å². The summed E-state index contributed by atoms with van der Waals surface area (Å²) in [5, 5.41) is 8.70. The molecule has 5 nitrogen and oxygen atoms in total. The van der Waals surface area contributed by atoms with Crippen LogP contribution in [-0.2, 0) is 0 Å². The Balaban J connectivity index is 2.32. The summed E-state index contributed by atoms with van der Waals surface area (Å²) in [6.07, 6.45) is 1.46. The van der Waals surface area contributed by atoms with E-state index < -0.39 is 0 Å². The lowest BCUT2D eigenvalue weighted by molar-refractivity contribution is 0.439. The van der Waals surface area contributed by atoms with E-state index in [1.807, 2.05) is 6.07 Å². The zero-order chi connectivity index (χ0) is 12.3. The number of benzene rings is 1. The zero-order valence-electron chi connectivity index (χ0n) is 8.59. The molecule has 2 rings (SSSR count). The Kier molecular flexibility index (Phi) is 3.21. The van der Waals surface area contributed by atoms with Crippen LogP contribution in [-0.4, -0.2) is 9.97 Å². The van der Waals surface area contributed by atoms with Gasteiger partial charge >= 0.3 is 6.01 Å². The first-order chi connectivity index (χ1) is 8.20. The molecule has 1 heterocycles. The quantitative estimate of drug-likeness (QED) is 0.859. The molecule has 0 saturated carbocycles. The van der Waals surface area contributed by atoms with Gasteiger partial charge in [0, 0.05) is 11.9 Å². The molecule has 0 spiro atoms. The summed E-state index contributed by atoms with van der Waals surface area (Å²) >= 11 is 3.30. The minimum absolute atomic E-state index is 0.107. The molecule has 0 radical (unpaired) electrons. The Morgan fingerprint density at radius 3 is 2.94 bits per heavy atom. The number of nitrogens with zero attached hydrogens (tertiary/aromatic N) is 3. The van der Waals surface area contributed by atoms with Gasteiger partial charge < -0.3 is 10.5 Å². The molecule has 0 bridgehead atoms. The molecule has 0 aliphatic heterocycles. The molecule has 0 fully saturated rings. The van der Waals surface area contributed by atoms with Crippen molar-refractivity contribution >= 4 is 21.6 Å². The molecular weight excluding hydrogens is 284 g/mol. The van der Waals surface area contributed by atoms with E-state index in [1.54, 1.807) is 18.2 Å². The van der Waals surface area contributed by atoms with Crippen LogP contribution in [0.2, 0.25) is 0 Å². The first-order valence-corrected chi connectivity index (χ1v) is 5.45. The lowest BCUT2D eigenvalue weighted by Crippen LogP contribution is -1.95. The van der Waals surface area contributed by atoms with Crippen molar-refractivity contribution in [3.05, 3.63) is 40.6 Å². The third-order valence-corrected chi connectivity index (χ3v) is 2.79. The van der Waals surface area contributed by atoms with Gasteiger partial charge in [0.05, 0.1) is 4.47 Å². The highest BCUT2D eigenvalue weighted by molar-refractivity contribution is 9.10. The monoisotopic (exact) mass is 290 g/mol. The van der Waals surface area contributed by atoms with E-state index in [0.717, 1.165) is 0 Å². The number of aromatic nitrogens is 2. The van der Waals surface area contributed by atoms with E-state index in [1.165, 1.54) is 12.3 Å². The Hall–Kier alpha value is -2.13. The lowest BCUT2D eigenvalue weighted by Gasteiger charge is -2.07. The second-order valence-corrected chi connectivity index (χ2v) is 3.89. The standard InChI is InChI=1S/C11H7BrN4O/c12-10-8(14)2-1-3-9(10)17-11-15-5-4-7(6-13)16-11/h1-5H,14H2. The maximum Gasteiger partial charge on any atom is 0.323 e. The molecule has 2 aromatic rings. The number of hydrogen-bond donors (Lipinski definition) is 1. The average molecular weight is 291 g/mol. The third kappa shape index (κ3) is 2.52. The average Bonchev–Trinajstić information content (AvgIpc) is 2.35. The fourth-order valence-electron chi connectivity index (χ4n) is 1.16. The van der Waals surface area contributed by atoms with E-state index in [9.17, 15) is 0 Å². The summed E-state index contributed by atoms with van der Waals surface area (Å²) in [4.78, 5) is 7.81. The molecule has 0 aliphatic carbocycles. The fourth-order valence-corrected chi connectivity index (χ4v) is 1.50. The van der Waals surface area contributed by atoms with Crippen molar-refractivity contribution in [3.8, 4) is 17.8 Å². The number of nitrogens with two attached hydrogens (primary N) is 1. The largest absolute Gasteiger partial charge is 0.423 e. The summed E-state index contributed by atoms with van der Waals surface area (Å²) in [6, 6.07) is 8.74. The van der Waals surface area contributed by atoms with Crippen LogP contribution in [0, 0.1) is 11.3 Å². The lowest BCUT2D eigenvalue weighted by atomic mass is 10.3. The molecule has 17 heavy (non-hydrogen) atoms. The molecule has 1 aromatic carbocycles. The molecule has 0 saturated heterocycles. The smallest absolute Gasteiger partial charge is 0.323 e. The van der Waals surface area contributed by atoms with Gasteiger partial charge in [0.15, 0.2) is 0 Å². The normalized spacial score (nSPS) is 9.65. The minimum Gasteiger partial charge on any atom is -0.423 e. The number of nitriles is 1. The van der Waals surface area contributed by atoms with Crippen molar-refractivity contribution in [1.29, 1.82) is 5.26 Å². The molecular formula is C11H7BrN4O. The molecule has 0 atom stereocenters. The Morgan fingerprint density at radius 2 is 2.18 bits per heavy atom. The first-order valence-electron chi connectivity index (χ1n) is 4.65. The van der Waals surface area contributed by atoms with Crippen LogP contribution in [0.1, 0.15) is 5.69 Å². The van der Waals surface area contributed by atoms with Crippen LogP contribution in [0.4, 0.5) is 5.69 Å². The van der Waals surface area contributed by atoms with Crippen molar-refractivity contribution in [2.45, 2.75) is 0 Å². The maximum atomic E-state index is 8.70. The van der Waals surface area contributed by atoms with Crippen molar-refractivity contribution < 1.29 is 4.74 Å². The first kappa shape index (κ1) is 11.4. The number of hydrogen-bond acceptors (Lipinski definition) is 5. The minimum atomic E-state index is 0.107. The van der Waals surface area contributed by atoms with E-state index in [-0.39, 0.29) is 11.7 Å². The van der Waals surface area contributed by atoms with Gasteiger partial charge in [-0.25, -0.2) is 4.98 Å². The van der Waals surface area contributed by atoms with Crippen LogP contribution < -0.4 is 10.5 Å². The van der Waals surface area contributed by atoms with Gasteiger partial charge in [-0.15, -0.1) is 0 Å². The number of rotatable bonds is 2. The van der Waals surface area contributed by atoms with Gasteiger partial charge in [0.25, 0.3) is 0 Å². The Labute approximate surface area is 106 Å². The molecule has 84 valence electrons. The van der Waals surface area contributed by atoms with Gasteiger partial charge in [-0.1, -0.05) is 6.07 Å². The number of nitrogen functional groups attached to an aromatic ring is 1. The highest BCUT2D eigenvalue weighted by Crippen LogP contribution is 2.32. The van der Waals surface area contributed by atoms with Gasteiger partial charge in [0.2, 0.25) is 0 Å². The van der Waals surface area contributed by atoms with Crippen molar-refractivity contribution in [2.75, 3.05) is 5.73 Å². The van der Waals surface area contributed by atoms with Crippen molar-refractivity contribution in [3.63, 3.8) is 0 Å². The molecule has 0 aliphatic rings. The molecule has 6 heteroatoms. The van der Waals surface area contributed by atoms with Crippen molar-refractivity contribution in [1.82, 2.24) is 9.97 Å². The summed E-state index contributed by atoms with van der Waals surface area (Å²) in [5.41, 5.74) is 6.51. The van der Waals surface area contributed by atoms with Gasteiger partial charge in [-0.3, -0.25) is 0 Å². The Bertz CT molecular complexity index is 594. The number of ether oxygens (including phenoxy) is 1. The van der Waals surface area contributed by atoms with Gasteiger partial charge in [-0.2, -0.15) is 10.2 Å². The number of halogens is 1. The van der Waals surface area contributed by atoms with Crippen molar-refractivity contribution in [2.24, 2.45) is 0 Å². The molecule has 0 amide bonds. The van der Waals surface area contributed by atoms with Crippen LogP contribution in [0.5, 0.6) is 11.8 Å². The second kappa shape index (κ2) is 4.80. The predicted molar refractivity (Wildman–Crippen MR) is 65.4 cm³/mol. The van der Waals surface area contributed by atoms with Gasteiger partial charge in [0.1, 0.15) is 17.5 Å². The van der Waals surface area contributed by atoms with Crippen LogP contribution in [0.3, 0.4) is 0 Å². The molecule has 2 N–H and O–H groups in total. The second-order valence-electron chi connectivity index (χ2n) is 3.10. The zero-order valence-corrected chi connectivity index (χ0v) is 10.2. The summed E-state index contributed by atoms with van der Waals surface area (Å²) in [6.45, 7) is 0. The maximum absolute atomic E-state index is 8.70. The summed E-state index contributed by atoms with van der Waals surface area (Å²) in [7, 11) is 0. The van der Waals surface area contributed by atoms with Gasteiger partial charge in [-0.05, 0) is 34.1 Å². The fraction of sp³-hybridized carbons (Fsp3) is 0. The van der Waals surface area contributed by atoms with Crippen LogP contribution in [0.25, 0.3) is 0 Å². The molecule has 0 unspecified atom stereocenters. The SMILES string of the molecule is N#Cc1ccnc(Oc2cccc(N)c2Br)n1. The highest BCUT2D eigenvalue weighted by Gasteiger charge is 2.07. The topological polar surface area (TPSA) is 84.8 Å². The summed E-state index contributed by atoms with van der Waals surface area (Å²) < 4.78 is 6.06. The predicted octanol–water partition coefficient (Wildman–Crippen LogP) is 2.49.